The standard InChI is InChI=1S/C33H31F3N8O2/c1-40-20-23(18-39-40)27-6-4-22(17-37-27)21-3-7-28-25(15-21)31-30(19-38-28)41(2)32(46)44(31)24-5-8-29(26(16-24)33(34,35)36)43-11-9-42(10-12-43)13-14-45/h3-8,15-20,45H,9-14H2,1-2H3. The fourth-order valence-electron chi connectivity index (χ4n) is 6.22. The monoisotopic (exact) mass is 628 g/mol. The molecule has 10 nitrogen and oxygen atoms in total. The molecule has 13 heteroatoms. The fourth-order valence-corrected chi connectivity index (χ4v) is 6.22. The third-order valence-electron chi connectivity index (χ3n) is 8.65. The molecular formula is C33H31F3N8O2. The Balaban J connectivity index is 1.33. The van der Waals surface area contributed by atoms with E-state index < -0.39 is 17.4 Å². The van der Waals surface area contributed by atoms with Crippen molar-refractivity contribution in [2.45, 2.75) is 6.18 Å². The van der Waals surface area contributed by atoms with Gasteiger partial charge in [-0.05, 0) is 42.0 Å². The van der Waals surface area contributed by atoms with Gasteiger partial charge in [0.2, 0.25) is 0 Å². The maximum absolute atomic E-state index is 14.6. The van der Waals surface area contributed by atoms with Gasteiger partial charge in [0.25, 0.3) is 0 Å². The number of hydrogen-bond donors (Lipinski definition) is 1. The van der Waals surface area contributed by atoms with Crippen LogP contribution in [0.4, 0.5) is 18.9 Å². The zero-order valence-electron chi connectivity index (χ0n) is 25.2. The quantitative estimate of drug-likeness (QED) is 0.291. The molecule has 2 aromatic carbocycles. The number of aryl methyl sites for hydroxylation is 2. The van der Waals surface area contributed by atoms with E-state index >= 15 is 0 Å². The summed E-state index contributed by atoms with van der Waals surface area (Å²) < 4.78 is 48.1. The number of imidazole rings is 1. The van der Waals surface area contributed by atoms with Crippen molar-refractivity contribution >= 4 is 27.6 Å². The van der Waals surface area contributed by atoms with Crippen LogP contribution in [0.15, 0.2) is 78.1 Å². The minimum absolute atomic E-state index is 0.00330. The average Bonchev–Trinajstić information content (AvgIpc) is 3.61. The van der Waals surface area contributed by atoms with E-state index in [4.69, 9.17) is 0 Å². The summed E-state index contributed by atoms with van der Waals surface area (Å²) in [6.07, 6.45) is 2.31. The minimum atomic E-state index is -4.65. The first-order valence-electron chi connectivity index (χ1n) is 14.9. The maximum atomic E-state index is 14.6. The molecule has 7 rings (SSSR count). The van der Waals surface area contributed by atoms with Crippen molar-refractivity contribution in [2.24, 2.45) is 14.1 Å². The van der Waals surface area contributed by atoms with Crippen molar-refractivity contribution in [3.8, 4) is 28.1 Å². The lowest BCUT2D eigenvalue weighted by Crippen LogP contribution is -2.47. The first kappa shape index (κ1) is 29.7. The van der Waals surface area contributed by atoms with Gasteiger partial charge in [-0.25, -0.2) is 4.79 Å². The normalized spacial score (nSPS) is 14.5. The van der Waals surface area contributed by atoms with Crippen LogP contribution >= 0.6 is 0 Å². The van der Waals surface area contributed by atoms with Gasteiger partial charge < -0.3 is 10.0 Å². The molecule has 0 spiro atoms. The Morgan fingerprint density at radius 3 is 2.33 bits per heavy atom. The highest BCUT2D eigenvalue weighted by Gasteiger charge is 2.36. The second-order valence-electron chi connectivity index (χ2n) is 11.5. The second kappa shape index (κ2) is 11.4. The van der Waals surface area contributed by atoms with Crippen LogP contribution < -0.4 is 10.6 Å². The van der Waals surface area contributed by atoms with Crippen molar-refractivity contribution < 1.29 is 18.3 Å². The predicted octanol–water partition coefficient (Wildman–Crippen LogP) is 4.47. The summed E-state index contributed by atoms with van der Waals surface area (Å²) in [7, 11) is 3.43. The van der Waals surface area contributed by atoms with Crippen LogP contribution in [0, 0.1) is 0 Å². The van der Waals surface area contributed by atoms with E-state index in [9.17, 15) is 23.1 Å². The van der Waals surface area contributed by atoms with Gasteiger partial charge in [-0.2, -0.15) is 18.3 Å². The van der Waals surface area contributed by atoms with Crippen LogP contribution in [-0.4, -0.2) is 78.2 Å². The lowest BCUT2D eigenvalue weighted by molar-refractivity contribution is -0.137. The summed E-state index contributed by atoms with van der Waals surface area (Å²) in [6, 6.07) is 13.6. The molecule has 0 unspecified atom stereocenters. The third kappa shape index (κ3) is 5.20. The number of halogens is 3. The van der Waals surface area contributed by atoms with Gasteiger partial charge in [0.05, 0.1) is 52.5 Å². The number of alkyl halides is 3. The van der Waals surface area contributed by atoms with Crippen LogP contribution in [0.5, 0.6) is 0 Å². The van der Waals surface area contributed by atoms with Crippen LogP contribution in [0.25, 0.3) is 50.0 Å². The van der Waals surface area contributed by atoms with Crippen LogP contribution in [0.1, 0.15) is 5.56 Å². The molecule has 0 atom stereocenters. The lowest BCUT2D eigenvalue weighted by atomic mass is 10.0. The van der Waals surface area contributed by atoms with Crippen molar-refractivity contribution in [2.75, 3.05) is 44.2 Å². The molecule has 0 saturated carbocycles. The summed E-state index contributed by atoms with van der Waals surface area (Å²) in [4.78, 5) is 26.6. The number of aliphatic hydroxyl groups excluding tert-OH is 1. The first-order valence-corrected chi connectivity index (χ1v) is 14.9. The molecule has 46 heavy (non-hydrogen) atoms. The molecule has 6 aromatic rings. The second-order valence-corrected chi connectivity index (χ2v) is 11.5. The Hall–Kier alpha value is -5.01. The number of hydrogen-bond acceptors (Lipinski definition) is 7. The number of benzene rings is 2. The van der Waals surface area contributed by atoms with Gasteiger partial charge in [-0.1, -0.05) is 12.1 Å². The number of aliphatic hydroxyl groups is 1. The molecule has 1 aliphatic heterocycles. The smallest absolute Gasteiger partial charge is 0.395 e. The Morgan fingerprint density at radius 2 is 1.65 bits per heavy atom. The van der Waals surface area contributed by atoms with Gasteiger partial charge in [0.15, 0.2) is 0 Å². The van der Waals surface area contributed by atoms with Gasteiger partial charge in [-0.3, -0.25) is 28.7 Å². The van der Waals surface area contributed by atoms with Gasteiger partial charge in [0, 0.05) is 81.4 Å². The Labute approximate surface area is 261 Å². The summed E-state index contributed by atoms with van der Waals surface area (Å²) in [6.45, 7) is 2.38. The Morgan fingerprint density at radius 1 is 0.870 bits per heavy atom. The van der Waals surface area contributed by atoms with Crippen molar-refractivity contribution in [1.82, 2.24) is 33.8 Å². The summed E-state index contributed by atoms with van der Waals surface area (Å²) >= 11 is 0. The summed E-state index contributed by atoms with van der Waals surface area (Å²) in [5.74, 6) is 0. The molecular weight excluding hydrogens is 597 g/mol. The van der Waals surface area contributed by atoms with Gasteiger partial charge in [0.1, 0.15) is 0 Å². The van der Waals surface area contributed by atoms with E-state index in [1.54, 1.807) is 41.3 Å². The highest BCUT2D eigenvalue weighted by atomic mass is 19.4. The first-order chi connectivity index (χ1) is 22.1. The van der Waals surface area contributed by atoms with E-state index in [0.717, 1.165) is 28.5 Å². The molecule has 236 valence electrons. The summed E-state index contributed by atoms with van der Waals surface area (Å²) in [5, 5.41) is 14.1. The predicted molar refractivity (Wildman–Crippen MR) is 170 cm³/mol. The van der Waals surface area contributed by atoms with Gasteiger partial charge >= 0.3 is 11.9 Å². The maximum Gasteiger partial charge on any atom is 0.418 e. The fraction of sp³-hybridized carbons (Fsp3) is 0.273. The topological polar surface area (TPSA) is 97.2 Å². The molecule has 1 fully saturated rings. The molecule has 0 bridgehead atoms. The van der Waals surface area contributed by atoms with Crippen LogP contribution in [0.3, 0.4) is 0 Å². The van der Waals surface area contributed by atoms with E-state index in [1.165, 1.54) is 15.2 Å². The van der Waals surface area contributed by atoms with Crippen molar-refractivity contribution in [3.05, 3.63) is 89.4 Å². The molecule has 0 aliphatic carbocycles. The molecule has 5 heterocycles. The largest absolute Gasteiger partial charge is 0.418 e. The van der Waals surface area contributed by atoms with Crippen LogP contribution in [-0.2, 0) is 20.3 Å². The molecule has 0 amide bonds. The number of pyridine rings is 2. The number of rotatable bonds is 6. The molecule has 1 saturated heterocycles. The average molecular weight is 629 g/mol. The number of nitrogens with zero attached hydrogens (tertiary/aromatic N) is 8. The highest BCUT2D eigenvalue weighted by Crippen LogP contribution is 2.39. The number of aromatic nitrogens is 6. The Kier molecular flexibility index (Phi) is 7.36. The number of anilines is 1. The van der Waals surface area contributed by atoms with Crippen molar-refractivity contribution in [3.63, 3.8) is 0 Å². The SMILES string of the molecule is Cn1cc(-c2ccc(-c3ccc4ncc5c(c4c3)n(-c3ccc(N4CCN(CCO)CC4)c(C(F)(F)F)c3)c(=O)n5C)cn2)cn1. The third-order valence-corrected chi connectivity index (χ3v) is 8.65. The van der Waals surface area contributed by atoms with E-state index in [0.29, 0.717) is 54.7 Å². The number of β-amino-alcohol motifs (C(OH)–C–C–N with tert-alkyl or cyclic N) is 1. The number of fused-ring (bicyclic) bond motifs is 3. The lowest BCUT2D eigenvalue weighted by Gasteiger charge is -2.37. The zero-order chi connectivity index (χ0) is 32.2. The summed E-state index contributed by atoms with van der Waals surface area (Å²) in [5.41, 5.74) is 3.79. The van der Waals surface area contributed by atoms with E-state index in [2.05, 4.69) is 15.1 Å². The zero-order valence-corrected chi connectivity index (χ0v) is 25.2. The molecule has 4 aromatic heterocycles. The molecule has 1 aliphatic rings. The van der Waals surface area contributed by atoms with E-state index in [-0.39, 0.29) is 18.0 Å². The van der Waals surface area contributed by atoms with Gasteiger partial charge in [-0.15, -0.1) is 0 Å². The minimum Gasteiger partial charge on any atom is -0.395 e. The van der Waals surface area contributed by atoms with Crippen molar-refractivity contribution in [1.29, 1.82) is 0 Å². The van der Waals surface area contributed by atoms with Crippen LogP contribution in [0.2, 0.25) is 0 Å². The molecule has 1 N–H and O–H groups in total. The van der Waals surface area contributed by atoms with E-state index in [1.807, 2.05) is 48.5 Å². The highest BCUT2D eigenvalue weighted by molar-refractivity contribution is 6.04. The number of piperazine rings is 1. The Bertz CT molecular complexity index is 2120. The molecule has 0 radical (unpaired) electrons.